The molecule has 0 amide bonds. The quantitative estimate of drug-likeness (QED) is 0.835. The fourth-order valence-corrected chi connectivity index (χ4v) is 2.34. The summed E-state index contributed by atoms with van der Waals surface area (Å²) in [7, 11) is 1.71. The Morgan fingerprint density at radius 1 is 1.26 bits per heavy atom. The maximum absolute atomic E-state index is 5.30. The molecule has 0 saturated carbocycles. The number of benzene rings is 1. The van der Waals surface area contributed by atoms with Gasteiger partial charge in [0.05, 0.1) is 7.11 Å². The second kappa shape index (κ2) is 6.11. The van der Waals surface area contributed by atoms with E-state index in [1.54, 1.807) is 7.11 Å². The fraction of sp³-hybridized carbons (Fsp3) is 0.500. The predicted octanol–water partition coefficient (Wildman–Crippen LogP) is 3.35. The minimum Gasteiger partial charge on any atom is -0.497 e. The summed E-state index contributed by atoms with van der Waals surface area (Å²) in [5.41, 5.74) is 2.55. The Labute approximate surface area is 115 Å². The highest BCUT2D eigenvalue weighted by atomic mass is 16.5. The molecular formula is C16H24N2O. The lowest BCUT2D eigenvalue weighted by atomic mass is 10.0. The molecule has 0 aliphatic rings. The zero-order chi connectivity index (χ0) is 13.8. The monoisotopic (exact) mass is 260 g/mol. The van der Waals surface area contributed by atoms with Crippen molar-refractivity contribution in [1.82, 2.24) is 10.3 Å². The molecule has 1 aromatic heterocycles. The topological polar surface area (TPSA) is 37.0 Å². The van der Waals surface area contributed by atoms with Crippen LogP contribution in [0.1, 0.15) is 26.3 Å². The number of nitrogens with one attached hydrogen (secondary N) is 2. The van der Waals surface area contributed by atoms with Gasteiger partial charge in [-0.2, -0.15) is 0 Å². The van der Waals surface area contributed by atoms with Crippen molar-refractivity contribution in [3.05, 3.63) is 30.0 Å². The smallest absolute Gasteiger partial charge is 0.119 e. The van der Waals surface area contributed by atoms with Crippen molar-refractivity contribution in [2.24, 2.45) is 5.92 Å². The predicted molar refractivity (Wildman–Crippen MR) is 80.9 cm³/mol. The molecule has 2 rings (SSSR count). The van der Waals surface area contributed by atoms with Crippen LogP contribution in [0.4, 0.5) is 0 Å². The normalized spacial score (nSPS) is 13.1. The van der Waals surface area contributed by atoms with E-state index in [0.29, 0.717) is 12.0 Å². The highest BCUT2D eigenvalue weighted by Gasteiger charge is 2.09. The van der Waals surface area contributed by atoms with Gasteiger partial charge >= 0.3 is 0 Å². The first kappa shape index (κ1) is 13.9. The summed E-state index contributed by atoms with van der Waals surface area (Å²) in [6.45, 7) is 7.70. The first-order valence-electron chi connectivity index (χ1n) is 6.97. The van der Waals surface area contributed by atoms with Gasteiger partial charge in [-0.15, -0.1) is 0 Å². The molecular weight excluding hydrogens is 236 g/mol. The van der Waals surface area contributed by atoms with Crippen LogP contribution in [-0.2, 0) is 6.42 Å². The van der Waals surface area contributed by atoms with E-state index in [0.717, 1.165) is 18.7 Å². The Kier molecular flexibility index (Phi) is 4.48. The van der Waals surface area contributed by atoms with Crippen molar-refractivity contribution in [2.45, 2.75) is 33.2 Å². The van der Waals surface area contributed by atoms with Crippen LogP contribution in [0.2, 0.25) is 0 Å². The lowest BCUT2D eigenvalue weighted by molar-refractivity contribution is 0.415. The molecule has 0 radical (unpaired) electrons. The molecule has 0 aliphatic carbocycles. The van der Waals surface area contributed by atoms with Gasteiger partial charge in [-0.1, -0.05) is 20.8 Å². The Bertz CT molecular complexity index is 531. The Hall–Kier alpha value is -1.48. The third-order valence-electron chi connectivity index (χ3n) is 3.42. The van der Waals surface area contributed by atoms with Crippen LogP contribution in [0.15, 0.2) is 24.4 Å². The number of hydrogen-bond acceptors (Lipinski definition) is 2. The fourth-order valence-electron chi connectivity index (χ4n) is 2.34. The van der Waals surface area contributed by atoms with E-state index in [9.17, 15) is 0 Å². The van der Waals surface area contributed by atoms with Crippen LogP contribution in [0.3, 0.4) is 0 Å². The van der Waals surface area contributed by atoms with Crippen molar-refractivity contribution < 1.29 is 4.74 Å². The summed E-state index contributed by atoms with van der Waals surface area (Å²) in [5, 5.41) is 4.77. The van der Waals surface area contributed by atoms with Gasteiger partial charge in [0.1, 0.15) is 5.75 Å². The Balaban J connectivity index is 2.11. The van der Waals surface area contributed by atoms with Crippen molar-refractivity contribution in [3.63, 3.8) is 0 Å². The number of aromatic nitrogens is 1. The van der Waals surface area contributed by atoms with Crippen molar-refractivity contribution in [1.29, 1.82) is 0 Å². The molecule has 0 fully saturated rings. The molecule has 3 heteroatoms. The minimum atomic E-state index is 0.547. The second-order valence-electron chi connectivity index (χ2n) is 5.60. The molecule has 3 nitrogen and oxygen atoms in total. The van der Waals surface area contributed by atoms with Gasteiger partial charge in [-0.25, -0.2) is 0 Å². The SMILES string of the molecule is COc1ccc2[nH]cc(CC(C)CNC(C)C)c2c1. The molecule has 1 unspecified atom stereocenters. The zero-order valence-corrected chi connectivity index (χ0v) is 12.3. The molecule has 2 N–H and O–H groups in total. The van der Waals surface area contributed by atoms with Crippen molar-refractivity contribution in [2.75, 3.05) is 13.7 Å². The van der Waals surface area contributed by atoms with E-state index in [4.69, 9.17) is 4.74 Å². The second-order valence-corrected chi connectivity index (χ2v) is 5.60. The van der Waals surface area contributed by atoms with E-state index >= 15 is 0 Å². The van der Waals surface area contributed by atoms with Gasteiger partial charge in [-0.05, 0) is 42.6 Å². The molecule has 0 aliphatic heterocycles. The number of hydrogen-bond donors (Lipinski definition) is 2. The Morgan fingerprint density at radius 3 is 2.74 bits per heavy atom. The van der Waals surface area contributed by atoms with Crippen LogP contribution in [0, 0.1) is 5.92 Å². The summed E-state index contributed by atoms with van der Waals surface area (Å²) in [5.74, 6) is 1.54. The van der Waals surface area contributed by atoms with E-state index in [1.807, 2.05) is 6.07 Å². The van der Waals surface area contributed by atoms with Crippen LogP contribution in [-0.4, -0.2) is 24.7 Å². The van der Waals surface area contributed by atoms with E-state index < -0.39 is 0 Å². The van der Waals surface area contributed by atoms with Gasteiger partial charge in [-0.3, -0.25) is 0 Å². The summed E-state index contributed by atoms with van der Waals surface area (Å²) in [6.07, 6.45) is 3.20. The van der Waals surface area contributed by atoms with Gasteiger partial charge in [0.15, 0.2) is 0 Å². The number of H-pyrrole nitrogens is 1. The van der Waals surface area contributed by atoms with Gasteiger partial charge < -0.3 is 15.0 Å². The molecule has 0 spiro atoms. The molecule has 0 bridgehead atoms. The van der Waals surface area contributed by atoms with Crippen LogP contribution >= 0.6 is 0 Å². The third kappa shape index (κ3) is 3.51. The number of fused-ring (bicyclic) bond motifs is 1. The van der Waals surface area contributed by atoms with Gasteiger partial charge in [0.2, 0.25) is 0 Å². The lowest BCUT2D eigenvalue weighted by Crippen LogP contribution is -2.28. The number of aromatic amines is 1. The number of rotatable bonds is 6. The lowest BCUT2D eigenvalue weighted by Gasteiger charge is -2.14. The maximum Gasteiger partial charge on any atom is 0.119 e. The summed E-state index contributed by atoms with van der Waals surface area (Å²) >= 11 is 0. The van der Waals surface area contributed by atoms with Crippen LogP contribution in [0.25, 0.3) is 10.9 Å². The molecule has 19 heavy (non-hydrogen) atoms. The standard InChI is InChI=1S/C16H24N2O/c1-11(2)17-9-12(3)7-13-10-18-16-6-5-14(19-4)8-15(13)16/h5-6,8,10-12,17-18H,7,9H2,1-4H3. The maximum atomic E-state index is 5.30. The van der Waals surface area contributed by atoms with Crippen molar-refractivity contribution in [3.8, 4) is 5.75 Å². The van der Waals surface area contributed by atoms with Crippen LogP contribution in [0.5, 0.6) is 5.75 Å². The minimum absolute atomic E-state index is 0.547. The van der Waals surface area contributed by atoms with E-state index in [2.05, 4.69) is 49.4 Å². The van der Waals surface area contributed by atoms with Crippen molar-refractivity contribution >= 4 is 10.9 Å². The van der Waals surface area contributed by atoms with E-state index in [-0.39, 0.29) is 0 Å². The first-order valence-corrected chi connectivity index (χ1v) is 6.97. The molecule has 1 atom stereocenters. The summed E-state index contributed by atoms with van der Waals surface area (Å²) in [4.78, 5) is 3.33. The third-order valence-corrected chi connectivity index (χ3v) is 3.42. The molecule has 1 aromatic carbocycles. The summed E-state index contributed by atoms with van der Waals surface area (Å²) in [6, 6.07) is 6.73. The summed E-state index contributed by atoms with van der Waals surface area (Å²) < 4.78 is 5.30. The molecule has 2 aromatic rings. The molecule has 0 saturated heterocycles. The first-order chi connectivity index (χ1) is 9.10. The average Bonchev–Trinajstić information content (AvgIpc) is 2.79. The largest absolute Gasteiger partial charge is 0.497 e. The zero-order valence-electron chi connectivity index (χ0n) is 12.3. The van der Waals surface area contributed by atoms with Gasteiger partial charge in [0.25, 0.3) is 0 Å². The van der Waals surface area contributed by atoms with E-state index in [1.165, 1.54) is 16.5 Å². The highest BCUT2D eigenvalue weighted by molar-refractivity contribution is 5.84. The average molecular weight is 260 g/mol. The Morgan fingerprint density at radius 2 is 2.05 bits per heavy atom. The number of ether oxygens (including phenoxy) is 1. The molecule has 104 valence electrons. The number of methoxy groups -OCH3 is 1. The highest BCUT2D eigenvalue weighted by Crippen LogP contribution is 2.25. The van der Waals surface area contributed by atoms with Crippen LogP contribution < -0.4 is 10.1 Å². The van der Waals surface area contributed by atoms with Gasteiger partial charge in [0, 0.05) is 23.1 Å². The molecule has 1 heterocycles.